The summed E-state index contributed by atoms with van der Waals surface area (Å²) < 4.78 is 5.64. The second-order valence-electron chi connectivity index (χ2n) is 6.68. The lowest BCUT2D eigenvalue weighted by molar-refractivity contribution is 0.0697. The minimum Gasteiger partial charge on any atom is -0.491 e. The van der Waals surface area contributed by atoms with E-state index in [1.165, 1.54) is 5.56 Å². The Balaban J connectivity index is 1.66. The number of ether oxygens (including phenoxy) is 1. The normalized spacial score (nSPS) is 17.8. The molecule has 5 nitrogen and oxygen atoms in total. The molecule has 1 heterocycles. The third-order valence-electron chi connectivity index (χ3n) is 4.85. The van der Waals surface area contributed by atoms with Gasteiger partial charge in [-0.1, -0.05) is 30.3 Å². The number of aromatic carboxylic acids is 1. The van der Waals surface area contributed by atoms with Crippen LogP contribution in [0.4, 0.5) is 0 Å². The first kappa shape index (κ1) is 18.4. The molecule has 26 heavy (non-hydrogen) atoms. The molecule has 1 atom stereocenters. The first-order valence-corrected chi connectivity index (χ1v) is 9.04. The zero-order valence-corrected chi connectivity index (χ0v) is 14.8. The predicted octanol–water partition coefficient (Wildman–Crippen LogP) is 3.14. The van der Waals surface area contributed by atoms with Crippen molar-refractivity contribution in [3.63, 3.8) is 0 Å². The van der Waals surface area contributed by atoms with Crippen LogP contribution >= 0.6 is 0 Å². The molecule has 138 valence electrons. The van der Waals surface area contributed by atoms with Crippen molar-refractivity contribution in [2.24, 2.45) is 0 Å². The second kappa shape index (κ2) is 8.83. The van der Waals surface area contributed by atoms with Gasteiger partial charge in [0.15, 0.2) is 0 Å². The lowest BCUT2D eigenvalue weighted by atomic mass is 9.90. The Kier molecular flexibility index (Phi) is 6.26. The molecule has 0 radical (unpaired) electrons. The van der Waals surface area contributed by atoms with Crippen LogP contribution in [0.3, 0.4) is 0 Å². The number of aliphatic hydroxyl groups excluding tert-OH is 1. The van der Waals surface area contributed by atoms with Crippen molar-refractivity contribution < 1.29 is 19.7 Å². The number of piperidine rings is 1. The maximum Gasteiger partial charge on any atom is 0.335 e. The number of para-hydroxylation sites is 1. The van der Waals surface area contributed by atoms with Crippen LogP contribution in [0.1, 0.15) is 40.2 Å². The van der Waals surface area contributed by atoms with Gasteiger partial charge in [0.25, 0.3) is 0 Å². The molecule has 0 saturated carbocycles. The van der Waals surface area contributed by atoms with E-state index in [2.05, 4.69) is 11.0 Å². The molecule has 0 amide bonds. The van der Waals surface area contributed by atoms with Crippen molar-refractivity contribution in [3.8, 4) is 5.75 Å². The van der Waals surface area contributed by atoms with Crippen LogP contribution in [-0.2, 0) is 6.54 Å². The minimum atomic E-state index is -0.888. The summed E-state index contributed by atoms with van der Waals surface area (Å²) in [4.78, 5) is 13.4. The van der Waals surface area contributed by atoms with Crippen LogP contribution in [0.15, 0.2) is 48.5 Å². The topological polar surface area (TPSA) is 70.0 Å². The van der Waals surface area contributed by atoms with Crippen molar-refractivity contribution in [1.82, 2.24) is 4.90 Å². The standard InChI is InChI=1S/C21H25NO4/c23-12-13-26-20-6-2-1-4-19(20)15-22-11-3-5-18(14-22)16-7-9-17(10-8-16)21(24)25/h1-2,4,6-10,18,23H,3,5,11-15H2,(H,24,25). The van der Waals surface area contributed by atoms with E-state index in [-0.39, 0.29) is 6.61 Å². The summed E-state index contributed by atoms with van der Waals surface area (Å²) in [5.41, 5.74) is 2.66. The number of carboxylic acids is 1. The van der Waals surface area contributed by atoms with Gasteiger partial charge in [-0.3, -0.25) is 4.90 Å². The molecule has 5 heteroatoms. The maximum atomic E-state index is 11.0. The summed E-state index contributed by atoms with van der Waals surface area (Å²) in [6, 6.07) is 15.2. The van der Waals surface area contributed by atoms with Gasteiger partial charge in [-0.2, -0.15) is 0 Å². The van der Waals surface area contributed by atoms with Gasteiger partial charge in [0.05, 0.1) is 12.2 Å². The number of aliphatic hydroxyl groups is 1. The van der Waals surface area contributed by atoms with Crippen molar-refractivity contribution in [3.05, 3.63) is 65.2 Å². The maximum absolute atomic E-state index is 11.0. The van der Waals surface area contributed by atoms with E-state index in [4.69, 9.17) is 14.9 Å². The van der Waals surface area contributed by atoms with Crippen LogP contribution in [0, 0.1) is 0 Å². The van der Waals surface area contributed by atoms with Crippen LogP contribution in [0.5, 0.6) is 5.75 Å². The zero-order chi connectivity index (χ0) is 18.4. The van der Waals surface area contributed by atoms with Gasteiger partial charge in [0.2, 0.25) is 0 Å². The fourth-order valence-corrected chi connectivity index (χ4v) is 3.54. The lowest BCUT2D eigenvalue weighted by Gasteiger charge is -2.33. The summed E-state index contributed by atoms with van der Waals surface area (Å²) in [7, 11) is 0. The van der Waals surface area contributed by atoms with Crippen LogP contribution in [0.2, 0.25) is 0 Å². The van der Waals surface area contributed by atoms with E-state index in [1.54, 1.807) is 12.1 Å². The lowest BCUT2D eigenvalue weighted by Crippen LogP contribution is -2.34. The molecule has 0 aliphatic carbocycles. The molecule has 1 aliphatic rings. The minimum absolute atomic E-state index is 0.00641. The molecular formula is C21H25NO4. The molecule has 1 saturated heterocycles. The largest absolute Gasteiger partial charge is 0.491 e. The number of hydrogen-bond acceptors (Lipinski definition) is 4. The van der Waals surface area contributed by atoms with E-state index in [0.717, 1.165) is 43.8 Å². The number of hydrogen-bond donors (Lipinski definition) is 2. The molecule has 0 bridgehead atoms. The highest BCUT2D eigenvalue weighted by atomic mass is 16.5. The van der Waals surface area contributed by atoms with E-state index < -0.39 is 5.97 Å². The van der Waals surface area contributed by atoms with Gasteiger partial charge in [0, 0.05) is 18.7 Å². The highest BCUT2D eigenvalue weighted by Gasteiger charge is 2.22. The molecule has 2 aromatic rings. The molecule has 1 fully saturated rings. The number of benzene rings is 2. The Bertz CT molecular complexity index is 729. The van der Waals surface area contributed by atoms with E-state index in [1.807, 2.05) is 30.3 Å². The molecule has 1 unspecified atom stereocenters. The summed E-state index contributed by atoms with van der Waals surface area (Å²) in [6.07, 6.45) is 2.23. The number of likely N-dealkylation sites (tertiary alicyclic amines) is 1. The summed E-state index contributed by atoms with van der Waals surface area (Å²) in [5, 5.41) is 18.0. The van der Waals surface area contributed by atoms with Crippen molar-refractivity contribution in [2.75, 3.05) is 26.3 Å². The predicted molar refractivity (Wildman–Crippen MR) is 99.7 cm³/mol. The highest BCUT2D eigenvalue weighted by Crippen LogP contribution is 2.29. The number of carbonyl (C=O) groups is 1. The first-order valence-electron chi connectivity index (χ1n) is 9.04. The number of nitrogens with zero attached hydrogens (tertiary/aromatic N) is 1. The van der Waals surface area contributed by atoms with Gasteiger partial charge in [-0.25, -0.2) is 4.79 Å². The third kappa shape index (κ3) is 4.62. The molecule has 3 rings (SSSR count). The third-order valence-corrected chi connectivity index (χ3v) is 4.85. The average Bonchev–Trinajstić information content (AvgIpc) is 2.67. The summed E-state index contributed by atoms with van der Waals surface area (Å²) >= 11 is 0. The smallest absolute Gasteiger partial charge is 0.335 e. The number of carboxylic acid groups (broad SMARTS) is 1. The molecule has 0 aromatic heterocycles. The molecule has 0 spiro atoms. The summed E-state index contributed by atoms with van der Waals surface area (Å²) in [6.45, 7) is 3.10. The Labute approximate surface area is 153 Å². The van der Waals surface area contributed by atoms with Crippen LogP contribution in [-0.4, -0.2) is 47.4 Å². The van der Waals surface area contributed by atoms with Crippen LogP contribution in [0.25, 0.3) is 0 Å². The van der Waals surface area contributed by atoms with Crippen LogP contribution < -0.4 is 4.74 Å². The fourth-order valence-electron chi connectivity index (χ4n) is 3.54. The first-order chi connectivity index (χ1) is 12.7. The molecular weight excluding hydrogens is 330 g/mol. The monoisotopic (exact) mass is 355 g/mol. The molecule has 2 N–H and O–H groups in total. The molecule has 1 aliphatic heterocycles. The Morgan fingerprint density at radius 1 is 1.15 bits per heavy atom. The van der Waals surface area contributed by atoms with Crippen molar-refractivity contribution >= 4 is 5.97 Å². The zero-order valence-electron chi connectivity index (χ0n) is 14.8. The highest BCUT2D eigenvalue weighted by molar-refractivity contribution is 5.87. The van der Waals surface area contributed by atoms with Crippen molar-refractivity contribution in [1.29, 1.82) is 0 Å². The quantitative estimate of drug-likeness (QED) is 0.798. The van der Waals surface area contributed by atoms with Gasteiger partial charge in [-0.15, -0.1) is 0 Å². The van der Waals surface area contributed by atoms with E-state index in [9.17, 15) is 4.79 Å². The molecule has 2 aromatic carbocycles. The van der Waals surface area contributed by atoms with E-state index >= 15 is 0 Å². The van der Waals surface area contributed by atoms with Crippen molar-refractivity contribution in [2.45, 2.75) is 25.3 Å². The Hall–Kier alpha value is -2.37. The van der Waals surface area contributed by atoms with Gasteiger partial charge in [-0.05, 0) is 49.1 Å². The van der Waals surface area contributed by atoms with Gasteiger partial charge >= 0.3 is 5.97 Å². The average molecular weight is 355 g/mol. The number of rotatable bonds is 7. The second-order valence-corrected chi connectivity index (χ2v) is 6.68. The van der Waals surface area contributed by atoms with Gasteiger partial charge < -0.3 is 14.9 Å². The Morgan fingerprint density at radius 3 is 2.65 bits per heavy atom. The van der Waals surface area contributed by atoms with Gasteiger partial charge in [0.1, 0.15) is 12.4 Å². The Morgan fingerprint density at radius 2 is 1.92 bits per heavy atom. The SMILES string of the molecule is O=C(O)c1ccc(C2CCCN(Cc3ccccc3OCCO)C2)cc1. The van der Waals surface area contributed by atoms with E-state index in [0.29, 0.717) is 18.1 Å². The fraction of sp³-hybridized carbons (Fsp3) is 0.381. The summed E-state index contributed by atoms with van der Waals surface area (Å²) in [5.74, 6) is 0.355.